The van der Waals surface area contributed by atoms with E-state index in [4.69, 9.17) is 4.74 Å². The molecule has 1 unspecified atom stereocenters. The first kappa shape index (κ1) is 12.1. The van der Waals surface area contributed by atoms with E-state index < -0.39 is 0 Å². The molecule has 0 amide bonds. The van der Waals surface area contributed by atoms with Crippen molar-refractivity contribution in [3.63, 3.8) is 0 Å². The van der Waals surface area contributed by atoms with Gasteiger partial charge < -0.3 is 10.1 Å². The van der Waals surface area contributed by atoms with Crippen LogP contribution >= 0.6 is 0 Å². The molecule has 0 radical (unpaired) electrons. The standard InChI is InChI=1S/C13H21NO/c1-4-15-13-7-5-12(6-8-13)11(2)9-10-14-3/h5-8,11,14H,4,9-10H2,1-3H3. The summed E-state index contributed by atoms with van der Waals surface area (Å²) in [7, 11) is 1.99. The molecule has 0 aliphatic carbocycles. The summed E-state index contributed by atoms with van der Waals surface area (Å²) < 4.78 is 5.41. The van der Waals surface area contributed by atoms with Crippen LogP contribution in [0.5, 0.6) is 5.75 Å². The summed E-state index contributed by atoms with van der Waals surface area (Å²) in [5.74, 6) is 1.56. The van der Waals surface area contributed by atoms with Gasteiger partial charge in [0.25, 0.3) is 0 Å². The van der Waals surface area contributed by atoms with Gasteiger partial charge in [-0.3, -0.25) is 0 Å². The first-order valence-corrected chi connectivity index (χ1v) is 5.65. The lowest BCUT2D eigenvalue weighted by Gasteiger charge is -2.12. The fraction of sp³-hybridized carbons (Fsp3) is 0.538. The molecular formula is C13H21NO. The maximum absolute atomic E-state index is 5.41. The molecule has 0 aliphatic rings. The first-order chi connectivity index (χ1) is 7.27. The Labute approximate surface area is 92.6 Å². The molecular weight excluding hydrogens is 186 g/mol. The van der Waals surface area contributed by atoms with Crippen molar-refractivity contribution in [2.75, 3.05) is 20.2 Å². The predicted molar refractivity (Wildman–Crippen MR) is 64.6 cm³/mol. The Kier molecular flexibility index (Phi) is 5.19. The number of hydrogen-bond donors (Lipinski definition) is 1. The van der Waals surface area contributed by atoms with Gasteiger partial charge in [0, 0.05) is 0 Å². The lowest BCUT2D eigenvalue weighted by atomic mass is 9.98. The van der Waals surface area contributed by atoms with E-state index in [9.17, 15) is 0 Å². The summed E-state index contributed by atoms with van der Waals surface area (Å²) in [5, 5.41) is 3.18. The van der Waals surface area contributed by atoms with E-state index in [2.05, 4.69) is 36.5 Å². The summed E-state index contributed by atoms with van der Waals surface area (Å²) in [5.41, 5.74) is 1.38. The number of nitrogens with one attached hydrogen (secondary N) is 1. The highest BCUT2D eigenvalue weighted by Gasteiger charge is 2.04. The second kappa shape index (κ2) is 6.46. The average Bonchev–Trinajstić information content (AvgIpc) is 2.27. The molecule has 1 aromatic carbocycles. The fourth-order valence-corrected chi connectivity index (χ4v) is 1.59. The highest BCUT2D eigenvalue weighted by Crippen LogP contribution is 2.21. The second-order valence-electron chi connectivity index (χ2n) is 3.80. The third-order valence-corrected chi connectivity index (χ3v) is 2.59. The first-order valence-electron chi connectivity index (χ1n) is 5.65. The Hall–Kier alpha value is -1.02. The van der Waals surface area contributed by atoms with E-state index in [-0.39, 0.29) is 0 Å². The van der Waals surface area contributed by atoms with Crippen molar-refractivity contribution in [3.05, 3.63) is 29.8 Å². The largest absolute Gasteiger partial charge is 0.494 e. The normalized spacial score (nSPS) is 12.5. The molecule has 1 aromatic rings. The number of benzene rings is 1. The van der Waals surface area contributed by atoms with E-state index >= 15 is 0 Å². The van der Waals surface area contributed by atoms with Gasteiger partial charge in [0.15, 0.2) is 0 Å². The van der Waals surface area contributed by atoms with Crippen LogP contribution in [0.15, 0.2) is 24.3 Å². The second-order valence-corrected chi connectivity index (χ2v) is 3.80. The monoisotopic (exact) mass is 207 g/mol. The molecule has 0 saturated heterocycles. The predicted octanol–water partition coefficient (Wildman–Crippen LogP) is 2.80. The quantitative estimate of drug-likeness (QED) is 0.774. The van der Waals surface area contributed by atoms with Crippen LogP contribution < -0.4 is 10.1 Å². The number of ether oxygens (including phenoxy) is 1. The minimum absolute atomic E-state index is 0.605. The molecule has 1 rings (SSSR count). The van der Waals surface area contributed by atoms with Gasteiger partial charge in [-0.15, -0.1) is 0 Å². The maximum Gasteiger partial charge on any atom is 0.119 e. The third-order valence-electron chi connectivity index (χ3n) is 2.59. The molecule has 0 heterocycles. The molecule has 0 saturated carbocycles. The Morgan fingerprint density at radius 3 is 2.47 bits per heavy atom. The molecule has 2 nitrogen and oxygen atoms in total. The molecule has 0 aromatic heterocycles. The van der Waals surface area contributed by atoms with Crippen molar-refractivity contribution in [2.24, 2.45) is 0 Å². The number of rotatable bonds is 6. The summed E-state index contributed by atoms with van der Waals surface area (Å²) in [6.07, 6.45) is 1.17. The number of hydrogen-bond acceptors (Lipinski definition) is 2. The van der Waals surface area contributed by atoms with Crippen LogP contribution in [0.2, 0.25) is 0 Å². The zero-order valence-electron chi connectivity index (χ0n) is 9.92. The minimum Gasteiger partial charge on any atom is -0.494 e. The van der Waals surface area contributed by atoms with Crippen LogP contribution in [0.1, 0.15) is 31.7 Å². The van der Waals surface area contributed by atoms with Gasteiger partial charge in [0.2, 0.25) is 0 Å². The Morgan fingerprint density at radius 2 is 1.93 bits per heavy atom. The van der Waals surface area contributed by atoms with Crippen LogP contribution in [0.3, 0.4) is 0 Å². The molecule has 1 atom stereocenters. The lowest BCUT2D eigenvalue weighted by Crippen LogP contribution is -2.10. The summed E-state index contributed by atoms with van der Waals surface area (Å²) >= 11 is 0. The van der Waals surface area contributed by atoms with Gasteiger partial charge in [-0.2, -0.15) is 0 Å². The van der Waals surface area contributed by atoms with E-state index in [0.29, 0.717) is 5.92 Å². The van der Waals surface area contributed by atoms with E-state index in [1.54, 1.807) is 0 Å². The Balaban J connectivity index is 2.54. The summed E-state index contributed by atoms with van der Waals surface area (Å²) in [4.78, 5) is 0. The van der Waals surface area contributed by atoms with Crippen molar-refractivity contribution < 1.29 is 4.74 Å². The average molecular weight is 207 g/mol. The van der Waals surface area contributed by atoms with Gasteiger partial charge in [0.05, 0.1) is 6.61 Å². The topological polar surface area (TPSA) is 21.3 Å². The zero-order chi connectivity index (χ0) is 11.1. The molecule has 2 heteroatoms. The fourth-order valence-electron chi connectivity index (χ4n) is 1.59. The van der Waals surface area contributed by atoms with Crippen molar-refractivity contribution in [2.45, 2.75) is 26.2 Å². The van der Waals surface area contributed by atoms with Crippen molar-refractivity contribution in [1.29, 1.82) is 0 Å². The van der Waals surface area contributed by atoms with E-state index in [0.717, 1.165) is 18.9 Å². The smallest absolute Gasteiger partial charge is 0.119 e. The van der Waals surface area contributed by atoms with Crippen LogP contribution in [-0.2, 0) is 0 Å². The third kappa shape index (κ3) is 3.92. The van der Waals surface area contributed by atoms with Gasteiger partial charge in [-0.25, -0.2) is 0 Å². The van der Waals surface area contributed by atoms with Gasteiger partial charge in [-0.1, -0.05) is 19.1 Å². The molecule has 0 bridgehead atoms. The highest BCUT2D eigenvalue weighted by molar-refractivity contribution is 5.29. The van der Waals surface area contributed by atoms with Gasteiger partial charge in [0.1, 0.15) is 5.75 Å². The zero-order valence-corrected chi connectivity index (χ0v) is 9.92. The molecule has 0 spiro atoms. The SMILES string of the molecule is CCOc1ccc(C(C)CCNC)cc1. The molecule has 84 valence electrons. The van der Waals surface area contributed by atoms with Crippen molar-refractivity contribution >= 4 is 0 Å². The molecule has 15 heavy (non-hydrogen) atoms. The molecule has 0 aliphatic heterocycles. The summed E-state index contributed by atoms with van der Waals surface area (Å²) in [6, 6.07) is 8.42. The lowest BCUT2D eigenvalue weighted by molar-refractivity contribution is 0.340. The Bertz CT molecular complexity index is 268. The van der Waals surface area contributed by atoms with E-state index in [1.165, 1.54) is 12.0 Å². The van der Waals surface area contributed by atoms with Crippen LogP contribution in [0, 0.1) is 0 Å². The maximum atomic E-state index is 5.41. The van der Waals surface area contributed by atoms with Crippen LogP contribution in [0.25, 0.3) is 0 Å². The van der Waals surface area contributed by atoms with Crippen molar-refractivity contribution in [3.8, 4) is 5.75 Å². The van der Waals surface area contributed by atoms with E-state index in [1.807, 2.05) is 14.0 Å². The summed E-state index contributed by atoms with van der Waals surface area (Å²) in [6.45, 7) is 6.06. The van der Waals surface area contributed by atoms with Gasteiger partial charge in [-0.05, 0) is 50.6 Å². The van der Waals surface area contributed by atoms with Gasteiger partial charge >= 0.3 is 0 Å². The minimum atomic E-state index is 0.605. The van der Waals surface area contributed by atoms with Crippen molar-refractivity contribution in [1.82, 2.24) is 5.32 Å². The Morgan fingerprint density at radius 1 is 1.27 bits per heavy atom. The molecule has 1 N–H and O–H groups in total. The van der Waals surface area contributed by atoms with Crippen LogP contribution in [-0.4, -0.2) is 20.2 Å². The highest BCUT2D eigenvalue weighted by atomic mass is 16.5. The van der Waals surface area contributed by atoms with Crippen LogP contribution in [0.4, 0.5) is 0 Å². The molecule has 0 fully saturated rings.